The van der Waals surface area contributed by atoms with Gasteiger partial charge in [-0.2, -0.15) is 5.10 Å². The number of amides is 1. The highest BCUT2D eigenvalue weighted by molar-refractivity contribution is 7.17. The molecule has 6 nitrogen and oxygen atoms in total. The lowest BCUT2D eigenvalue weighted by molar-refractivity contribution is -0.116. The number of halogens is 1. The summed E-state index contributed by atoms with van der Waals surface area (Å²) >= 11 is 1.12. The maximum Gasteiger partial charge on any atom is 0.345 e. The predicted molar refractivity (Wildman–Crippen MR) is 87.5 cm³/mol. The lowest BCUT2D eigenvalue weighted by Crippen LogP contribution is -2.19. The molecule has 0 unspecified atom stereocenters. The molecule has 24 heavy (non-hydrogen) atoms. The van der Waals surface area contributed by atoms with Gasteiger partial charge in [-0.25, -0.2) is 9.18 Å². The summed E-state index contributed by atoms with van der Waals surface area (Å²) in [5.41, 5.74) is 1.10. The van der Waals surface area contributed by atoms with E-state index in [1.165, 1.54) is 35.0 Å². The summed E-state index contributed by atoms with van der Waals surface area (Å²) in [5.74, 6) is -1.65. The Morgan fingerprint density at radius 3 is 2.58 bits per heavy atom. The van der Waals surface area contributed by atoms with E-state index in [-0.39, 0.29) is 23.1 Å². The van der Waals surface area contributed by atoms with Crippen molar-refractivity contribution >= 4 is 28.9 Å². The van der Waals surface area contributed by atoms with Crippen molar-refractivity contribution < 1.29 is 19.1 Å². The molecule has 0 aliphatic heterocycles. The van der Waals surface area contributed by atoms with Crippen LogP contribution < -0.4 is 5.32 Å². The van der Waals surface area contributed by atoms with Gasteiger partial charge in [0.2, 0.25) is 5.91 Å². The average Bonchev–Trinajstić information content (AvgIpc) is 3.18. The number of thiophene rings is 1. The van der Waals surface area contributed by atoms with Crippen LogP contribution in [0.25, 0.3) is 10.6 Å². The van der Waals surface area contributed by atoms with E-state index in [2.05, 4.69) is 10.4 Å². The standard InChI is InChI=1S/C16H12FN3O3S/c17-10-1-3-11(4-2-10)18-15(21)9-20-8-7-12(19-20)13-5-6-14(24-13)16(22)23/h1-8H,9H2,(H,18,21)(H,22,23). The molecule has 3 aromatic rings. The minimum atomic E-state index is -0.982. The SMILES string of the molecule is O=C(Cn1ccc(-c2ccc(C(=O)O)s2)n1)Nc1ccc(F)cc1. The molecule has 0 aliphatic carbocycles. The van der Waals surface area contributed by atoms with Crippen molar-refractivity contribution in [1.29, 1.82) is 0 Å². The molecule has 0 fully saturated rings. The van der Waals surface area contributed by atoms with Crippen LogP contribution in [0.15, 0.2) is 48.7 Å². The molecule has 2 heterocycles. The van der Waals surface area contributed by atoms with Crippen molar-refractivity contribution in [2.45, 2.75) is 6.54 Å². The van der Waals surface area contributed by atoms with E-state index in [9.17, 15) is 14.0 Å². The van der Waals surface area contributed by atoms with Crippen molar-refractivity contribution in [3.63, 3.8) is 0 Å². The Morgan fingerprint density at radius 2 is 1.92 bits per heavy atom. The molecule has 0 bridgehead atoms. The second-order valence-electron chi connectivity index (χ2n) is 4.92. The van der Waals surface area contributed by atoms with Crippen molar-refractivity contribution in [2.24, 2.45) is 0 Å². The van der Waals surface area contributed by atoms with Crippen LogP contribution in [0.2, 0.25) is 0 Å². The zero-order valence-corrected chi connectivity index (χ0v) is 13.1. The number of aromatic carboxylic acids is 1. The predicted octanol–water partition coefficient (Wildman–Crippen LogP) is 3.09. The number of hydrogen-bond donors (Lipinski definition) is 2. The van der Waals surface area contributed by atoms with Gasteiger partial charge >= 0.3 is 5.97 Å². The van der Waals surface area contributed by atoms with E-state index < -0.39 is 5.97 Å². The summed E-state index contributed by atoms with van der Waals surface area (Å²) in [6.07, 6.45) is 1.64. The van der Waals surface area contributed by atoms with E-state index >= 15 is 0 Å². The van der Waals surface area contributed by atoms with Gasteiger partial charge in [0, 0.05) is 11.9 Å². The molecule has 0 saturated carbocycles. The summed E-state index contributed by atoms with van der Waals surface area (Å²) in [7, 11) is 0. The molecule has 1 amide bonds. The maximum atomic E-state index is 12.8. The lowest BCUT2D eigenvalue weighted by atomic mass is 10.3. The molecule has 3 rings (SSSR count). The van der Waals surface area contributed by atoms with E-state index in [0.717, 1.165) is 11.3 Å². The number of nitrogens with zero attached hydrogens (tertiary/aromatic N) is 2. The van der Waals surface area contributed by atoms with Crippen LogP contribution in [0.1, 0.15) is 9.67 Å². The first kappa shape index (κ1) is 15.9. The Morgan fingerprint density at radius 1 is 1.17 bits per heavy atom. The molecule has 0 spiro atoms. The van der Waals surface area contributed by atoms with Gasteiger partial charge in [-0.1, -0.05) is 0 Å². The zero-order chi connectivity index (χ0) is 17.1. The van der Waals surface area contributed by atoms with Gasteiger partial charge in [-0.15, -0.1) is 11.3 Å². The molecule has 2 N–H and O–H groups in total. The number of aromatic nitrogens is 2. The summed E-state index contributed by atoms with van der Waals surface area (Å²) in [6, 6.07) is 10.4. The van der Waals surface area contributed by atoms with E-state index in [1.807, 2.05) is 0 Å². The minimum absolute atomic E-state index is 0.00542. The Kier molecular flexibility index (Phi) is 4.39. The van der Waals surface area contributed by atoms with Crippen LogP contribution in [-0.4, -0.2) is 26.8 Å². The second kappa shape index (κ2) is 6.63. The maximum absolute atomic E-state index is 12.8. The number of carboxylic acid groups (broad SMARTS) is 1. The fourth-order valence-corrected chi connectivity index (χ4v) is 2.86. The normalized spacial score (nSPS) is 10.5. The van der Waals surface area contributed by atoms with Crippen molar-refractivity contribution in [2.75, 3.05) is 5.32 Å². The van der Waals surface area contributed by atoms with Gasteiger partial charge < -0.3 is 10.4 Å². The van der Waals surface area contributed by atoms with Crippen molar-refractivity contribution in [3.8, 4) is 10.6 Å². The van der Waals surface area contributed by atoms with Crippen LogP contribution in [0, 0.1) is 5.82 Å². The largest absolute Gasteiger partial charge is 0.477 e. The van der Waals surface area contributed by atoms with Gasteiger partial charge in [0.05, 0.1) is 4.88 Å². The summed E-state index contributed by atoms with van der Waals surface area (Å²) in [5, 5.41) is 15.8. The first-order valence-corrected chi connectivity index (χ1v) is 7.75. The van der Waals surface area contributed by atoms with Gasteiger partial charge in [-0.3, -0.25) is 9.48 Å². The molecule has 0 aliphatic rings. The Hall–Kier alpha value is -3.00. The minimum Gasteiger partial charge on any atom is -0.477 e. The number of nitrogens with one attached hydrogen (secondary N) is 1. The molecular weight excluding hydrogens is 333 g/mol. The number of carbonyl (C=O) groups is 2. The van der Waals surface area contributed by atoms with E-state index in [0.29, 0.717) is 16.3 Å². The summed E-state index contributed by atoms with van der Waals surface area (Å²) in [6.45, 7) is -0.00542. The number of carbonyl (C=O) groups excluding carboxylic acids is 1. The highest BCUT2D eigenvalue weighted by atomic mass is 32.1. The van der Waals surface area contributed by atoms with Gasteiger partial charge in [0.25, 0.3) is 0 Å². The molecule has 0 radical (unpaired) electrons. The van der Waals surface area contributed by atoms with Crippen LogP contribution in [0.3, 0.4) is 0 Å². The Balaban J connectivity index is 1.65. The quantitative estimate of drug-likeness (QED) is 0.744. The fourth-order valence-electron chi connectivity index (χ4n) is 2.05. The number of rotatable bonds is 5. The molecule has 1 aromatic carbocycles. The van der Waals surface area contributed by atoms with Gasteiger partial charge in [0.15, 0.2) is 0 Å². The number of carboxylic acids is 1. The Labute approximate surface area is 140 Å². The van der Waals surface area contributed by atoms with Crippen LogP contribution in [-0.2, 0) is 11.3 Å². The van der Waals surface area contributed by atoms with Gasteiger partial charge in [-0.05, 0) is 42.5 Å². The topological polar surface area (TPSA) is 84.2 Å². The molecule has 8 heteroatoms. The first-order valence-electron chi connectivity index (χ1n) is 6.93. The Bertz CT molecular complexity index is 886. The first-order chi connectivity index (χ1) is 11.5. The van der Waals surface area contributed by atoms with Crippen molar-refractivity contribution in [1.82, 2.24) is 9.78 Å². The van der Waals surface area contributed by atoms with E-state index in [1.54, 1.807) is 18.3 Å². The molecule has 0 saturated heterocycles. The third kappa shape index (κ3) is 3.66. The monoisotopic (exact) mass is 345 g/mol. The van der Waals surface area contributed by atoms with Crippen molar-refractivity contribution in [3.05, 3.63) is 59.4 Å². The summed E-state index contributed by atoms with van der Waals surface area (Å²) in [4.78, 5) is 23.8. The molecular formula is C16H12FN3O3S. The fraction of sp³-hybridized carbons (Fsp3) is 0.0625. The highest BCUT2D eigenvalue weighted by Crippen LogP contribution is 2.26. The number of hydrogen-bond acceptors (Lipinski definition) is 4. The average molecular weight is 345 g/mol. The van der Waals surface area contributed by atoms with Gasteiger partial charge in [0.1, 0.15) is 22.9 Å². The molecule has 122 valence electrons. The zero-order valence-electron chi connectivity index (χ0n) is 12.3. The van der Waals surface area contributed by atoms with E-state index in [4.69, 9.17) is 5.11 Å². The number of anilines is 1. The molecule has 2 aromatic heterocycles. The molecule has 0 atom stereocenters. The number of benzene rings is 1. The summed E-state index contributed by atoms with van der Waals surface area (Å²) < 4.78 is 14.3. The third-order valence-corrected chi connectivity index (χ3v) is 4.24. The van der Waals surface area contributed by atoms with Crippen LogP contribution in [0.5, 0.6) is 0 Å². The van der Waals surface area contributed by atoms with Crippen LogP contribution in [0.4, 0.5) is 10.1 Å². The smallest absolute Gasteiger partial charge is 0.345 e. The third-order valence-electron chi connectivity index (χ3n) is 3.14. The highest BCUT2D eigenvalue weighted by Gasteiger charge is 2.11. The van der Waals surface area contributed by atoms with Crippen LogP contribution >= 0.6 is 11.3 Å². The second-order valence-corrected chi connectivity index (χ2v) is 6.01. The lowest BCUT2D eigenvalue weighted by Gasteiger charge is -2.05.